The first kappa shape index (κ1) is 49.9. The smallest absolute Gasteiger partial charge is 0.429 e. The number of hydrogen-bond acceptors (Lipinski definition) is 14. The molecule has 2 rings (SSSR count). The van der Waals surface area contributed by atoms with Crippen molar-refractivity contribution >= 4 is 41.4 Å². The van der Waals surface area contributed by atoms with Gasteiger partial charge in [0.1, 0.15) is 23.9 Å². The molecule has 0 radical (unpaired) electrons. The maximum atomic E-state index is 13.3. The van der Waals surface area contributed by atoms with Gasteiger partial charge in [-0.05, 0) is 81.1 Å². The fourth-order valence-corrected chi connectivity index (χ4v) is 5.94. The molecule has 0 unspecified atom stereocenters. The van der Waals surface area contributed by atoms with Crippen LogP contribution in [-0.4, -0.2) is 134 Å². The number of ether oxygens (including phenoxy) is 6. The highest BCUT2D eigenvalue weighted by atomic mass is 32.2. The third kappa shape index (κ3) is 20.9. The molecule has 2 aromatic rings. The van der Waals surface area contributed by atoms with E-state index in [1.54, 1.807) is 39.8 Å². The molecule has 0 aliphatic heterocycles. The van der Waals surface area contributed by atoms with Gasteiger partial charge in [0, 0.05) is 83.4 Å². The minimum atomic E-state index is -1.01. The largest absolute Gasteiger partial charge is 0.514 e. The third-order valence-corrected chi connectivity index (χ3v) is 9.61. The van der Waals surface area contributed by atoms with Gasteiger partial charge in [0.15, 0.2) is 0 Å². The van der Waals surface area contributed by atoms with Gasteiger partial charge in [-0.15, -0.1) is 0 Å². The Kier molecular flexibility index (Phi) is 25.7. The Labute approximate surface area is 346 Å². The fourth-order valence-electron chi connectivity index (χ4n) is 5.51. The Bertz CT molecular complexity index is 1530. The summed E-state index contributed by atoms with van der Waals surface area (Å²) in [4.78, 5) is 66.1. The normalized spacial score (nSPS) is 11.0. The van der Waals surface area contributed by atoms with Crippen molar-refractivity contribution in [1.82, 2.24) is 14.7 Å². The van der Waals surface area contributed by atoms with Gasteiger partial charge in [-0.25, -0.2) is 9.59 Å². The van der Waals surface area contributed by atoms with Crippen molar-refractivity contribution in [1.29, 1.82) is 0 Å². The summed E-state index contributed by atoms with van der Waals surface area (Å²) in [6.45, 7) is 13.8. The molecule has 2 amide bonds. The first-order valence-corrected chi connectivity index (χ1v) is 21.3. The van der Waals surface area contributed by atoms with Crippen molar-refractivity contribution in [3.63, 3.8) is 0 Å². The lowest BCUT2D eigenvalue weighted by Crippen LogP contribution is -2.40. The van der Waals surface area contributed by atoms with Gasteiger partial charge in [0.25, 0.3) is 5.69 Å². The van der Waals surface area contributed by atoms with Crippen LogP contribution >= 0.6 is 11.8 Å². The van der Waals surface area contributed by atoms with E-state index in [0.717, 1.165) is 31.7 Å². The summed E-state index contributed by atoms with van der Waals surface area (Å²) < 4.78 is 33.2. The van der Waals surface area contributed by atoms with Crippen LogP contribution in [0.5, 0.6) is 11.5 Å². The molecule has 0 heterocycles. The van der Waals surface area contributed by atoms with Gasteiger partial charge in [0.2, 0.25) is 5.91 Å². The summed E-state index contributed by atoms with van der Waals surface area (Å²) in [5.41, 5.74) is 0.935. The van der Waals surface area contributed by atoms with E-state index in [0.29, 0.717) is 102 Å². The van der Waals surface area contributed by atoms with Gasteiger partial charge < -0.3 is 43.1 Å². The van der Waals surface area contributed by atoms with Gasteiger partial charge in [0.05, 0.1) is 31.4 Å². The molecule has 2 aromatic carbocycles. The van der Waals surface area contributed by atoms with Crippen LogP contribution in [0.3, 0.4) is 0 Å². The average Bonchev–Trinajstić information content (AvgIpc) is 3.21. The number of Topliss-reactive ketones (excluding diaryl/α,β-unsaturated/α-hetero) is 1. The summed E-state index contributed by atoms with van der Waals surface area (Å²) in [6, 6.07) is 9.96. The molecule has 16 nitrogen and oxygen atoms in total. The van der Waals surface area contributed by atoms with E-state index in [4.69, 9.17) is 28.4 Å². The van der Waals surface area contributed by atoms with Gasteiger partial charge >= 0.3 is 12.2 Å². The number of non-ortho nitro benzene ring substituents is 1. The van der Waals surface area contributed by atoms with E-state index >= 15 is 0 Å². The minimum absolute atomic E-state index is 0.0771. The van der Waals surface area contributed by atoms with Crippen molar-refractivity contribution in [3.8, 4) is 11.5 Å². The molecule has 0 aromatic heterocycles. The fraction of sp³-hybridized carbons (Fsp3) is 0.610. The first-order valence-electron chi connectivity index (χ1n) is 19.9. The highest BCUT2D eigenvalue weighted by molar-refractivity contribution is 7.98. The predicted octanol–water partition coefficient (Wildman–Crippen LogP) is 6.75. The topological polar surface area (TPSA) is 177 Å². The number of nitro groups is 1. The quantitative estimate of drug-likeness (QED) is 0.0256. The molecular weight excluding hydrogens is 773 g/mol. The van der Waals surface area contributed by atoms with E-state index in [-0.39, 0.29) is 36.2 Å². The van der Waals surface area contributed by atoms with Crippen LogP contribution < -0.4 is 9.47 Å². The number of rotatable bonds is 31. The summed E-state index contributed by atoms with van der Waals surface area (Å²) in [6.07, 6.45) is 3.92. The van der Waals surface area contributed by atoms with Crippen molar-refractivity contribution in [3.05, 3.63) is 63.7 Å². The number of benzene rings is 2. The molecule has 0 fully saturated rings. The number of unbranched alkanes of at least 4 members (excludes halogenated alkanes) is 1. The third-order valence-electron chi connectivity index (χ3n) is 8.99. The lowest BCUT2D eigenvalue weighted by atomic mass is 10.1. The van der Waals surface area contributed by atoms with E-state index in [1.807, 2.05) is 13.2 Å². The standard InChI is InChI=1S/C41H62N4O12S/c1-6-42(7-2)21-22-43(8-3)40(48)57-39-18-13-34(32-55-41(49)56-38-16-14-36(15-17-38)45(50)51)30-35(39)31-44(33(4)46)20-11-24-53-26-28-54-27-25-52-23-10-9-12-37(47)19-29-58-5/h13-18,30H,6-12,19-29,31-32H2,1-5H3. The Balaban J connectivity index is 1.93. The van der Waals surface area contributed by atoms with Crippen LogP contribution in [0.15, 0.2) is 42.5 Å². The van der Waals surface area contributed by atoms with Crippen LogP contribution in [0.25, 0.3) is 0 Å². The highest BCUT2D eigenvalue weighted by Gasteiger charge is 2.20. The van der Waals surface area contributed by atoms with Gasteiger partial charge in [-0.1, -0.05) is 19.9 Å². The monoisotopic (exact) mass is 834 g/mol. The number of carbonyl (C=O) groups is 4. The van der Waals surface area contributed by atoms with Crippen LogP contribution in [0.2, 0.25) is 0 Å². The van der Waals surface area contributed by atoms with Crippen LogP contribution in [0, 0.1) is 10.1 Å². The second kappa shape index (κ2) is 29.9. The second-order valence-electron chi connectivity index (χ2n) is 13.2. The Morgan fingerprint density at radius 3 is 2.00 bits per heavy atom. The number of ketones is 1. The molecule has 0 spiro atoms. The Morgan fingerprint density at radius 1 is 0.741 bits per heavy atom. The molecule has 0 saturated heterocycles. The van der Waals surface area contributed by atoms with Crippen molar-refractivity contribution in [2.75, 3.05) is 90.9 Å². The number of amides is 2. The number of hydrogen-bond donors (Lipinski definition) is 0. The maximum absolute atomic E-state index is 13.3. The number of nitrogens with zero attached hydrogens (tertiary/aromatic N) is 4. The number of thioether (sulfide) groups is 1. The Morgan fingerprint density at radius 2 is 1.40 bits per heavy atom. The molecule has 0 saturated carbocycles. The summed E-state index contributed by atoms with van der Waals surface area (Å²) in [7, 11) is 0. The molecule has 0 aliphatic carbocycles. The maximum Gasteiger partial charge on any atom is 0.514 e. The zero-order valence-electron chi connectivity index (χ0n) is 34.8. The lowest BCUT2D eigenvalue weighted by molar-refractivity contribution is -0.384. The molecular formula is C41H62N4O12S. The average molecular weight is 835 g/mol. The van der Waals surface area contributed by atoms with E-state index in [9.17, 15) is 29.3 Å². The van der Waals surface area contributed by atoms with Crippen molar-refractivity contribution < 1.29 is 52.5 Å². The molecule has 324 valence electrons. The zero-order chi connectivity index (χ0) is 42.5. The molecule has 0 aliphatic rings. The van der Waals surface area contributed by atoms with Crippen LogP contribution in [-0.2, 0) is 41.7 Å². The van der Waals surface area contributed by atoms with Gasteiger partial charge in [-0.2, -0.15) is 11.8 Å². The lowest BCUT2D eigenvalue weighted by Gasteiger charge is -2.26. The Hall–Kier alpha value is -4.29. The highest BCUT2D eigenvalue weighted by Crippen LogP contribution is 2.25. The van der Waals surface area contributed by atoms with Crippen LogP contribution in [0.4, 0.5) is 15.3 Å². The molecule has 0 bridgehead atoms. The predicted molar refractivity (Wildman–Crippen MR) is 221 cm³/mol. The molecule has 0 N–H and O–H groups in total. The van der Waals surface area contributed by atoms with E-state index in [1.165, 1.54) is 31.2 Å². The van der Waals surface area contributed by atoms with Crippen molar-refractivity contribution in [2.24, 2.45) is 0 Å². The number of carbonyl (C=O) groups excluding carboxylic acids is 4. The summed E-state index contributed by atoms with van der Waals surface area (Å²) in [5, 5.41) is 10.9. The van der Waals surface area contributed by atoms with E-state index < -0.39 is 17.2 Å². The number of nitro benzene ring substituents is 1. The summed E-state index contributed by atoms with van der Waals surface area (Å²) >= 11 is 1.68. The zero-order valence-corrected chi connectivity index (χ0v) is 35.6. The van der Waals surface area contributed by atoms with Gasteiger partial charge in [-0.3, -0.25) is 19.7 Å². The summed E-state index contributed by atoms with van der Waals surface area (Å²) in [5.74, 6) is 1.33. The van der Waals surface area contributed by atoms with Crippen molar-refractivity contribution in [2.45, 2.75) is 73.0 Å². The minimum Gasteiger partial charge on any atom is -0.429 e. The SMILES string of the molecule is CCN(CC)CCN(CC)C(=O)Oc1ccc(COC(=O)Oc2ccc([N+](=O)[O-])cc2)cc1CN(CCCOCCOCCOCCCCC(=O)CCSC)C(C)=O. The molecule has 17 heteroatoms. The molecule has 58 heavy (non-hydrogen) atoms. The molecule has 0 atom stereocenters. The first-order chi connectivity index (χ1) is 28.0. The number of likely N-dealkylation sites (N-methyl/N-ethyl adjacent to an activating group) is 2. The second-order valence-corrected chi connectivity index (χ2v) is 14.2. The van der Waals surface area contributed by atoms with Crippen LogP contribution in [0.1, 0.15) is 70.9 Å². The van der Waals surface area contributed by atoms with E-state index in [2.05, 4.69) is 18.7 Å².